The highest BCUT2D eigenvalue weighted by molar-refractivity contribution is 5.87. The van der Waals surface area contributed by atoms with Gasteiger partial charge in [-0.15, -0.1) is 0 Å². The van der Waals surface area contributed by atoms with Crippen LogP contribution in [-0.4, -0.2) is 49.0 Å². The molecule has 0 saturated heterocycles. The van der Waals surface area contributed by atoms with Gasteiger partial charge in [-0.3, -0.25) is 24.0 Å². The van der Waals surface area contributed by atoms with E-state index < -0.39 is 55.2 Å². The first-order valence-corrected chi connectivity index (χ1v) is 10.6. The van der Waals surface area contributed by atoms with Crippen LogP contribution in [0.4, 0.5) is 0 Å². The molecule has 0 radical (unpaired) electrons. The number of rotatable bonds is 15. The molecular formula is C22H34O10. The summed E-state index contributed by atoms with van der Waals surface area (Å²) >= 11 is 0. The molecule has 0 aliphatic carbocycles. The zero-order chi connectivity index (χ0) is 24.8. The van der Waals surface area contributed by atoms with Crippen LogP contribution in [0.15, 0.2) is 0 Å². The molecule has 32 heavy (non-hydrogen) atoms. The molecule has 10 nitrogen and oxygen atoms in total. The summed E-state index contributed by atoms with van der Waals surface area (Å²) in [6.45, 7) is 8.21. The van der Waals surface area contributed by atoms with Crippen LogP contribution in [0.25, 0.3) is 0 Å². The maximum Gasteiger partial charge on any atom is 0.311 e. The Morgan fingerprint density at radius 2 is 0.875 bits per heavy atom. The predicted molar refractivity (Wildman–Crippen MR) is 111 cm³/mol. The molecule has 0 aliphatic rings. The van der Waals surface area contributed by atoms with Gasteiger partial charge in [0.25, 0.3) is 0 Å². The summed E-state index contributed by atoms with van der Waals surface area (Å²) in [5.41, 5.74) is 0. The van der Waals surface area contributed by atoms with Crippen molar-refractivity contribution in [3.05, 3.63) is 0 Å². The minimum Gasteiger partial charge on any atom is -0.428 e. The molecule has 0 aromatic rings. The average molecular weight is 459 g/mol. The topological polar surface area (TPSA) is 139 Å². The Morgan fingerprint density at radius 3 is 1.19 bits per heavy atom. The zero-order valence-electron chi connectivity index (χ0n) is 19.6. The number of hydrogen-bond donors (Lipinski definition) is 0. The van der Waals surface area contributed by atoms with Crippen molar-refractivity contribution in [2.75, 3.05) is 13.6 Å². The van der Waals surface area contributed by atoms with Crippen LogP contribution in [0.5, 0.6) is 0 Å². The monoisotopic (exact) mass is 458 g/mol. The highest BCUT2D eigenvalue weighted by Crippen LogP contribution is 2.13. The molecular weight excluding hydrogens is 424 g/mol. The Balaban J connectivity index is 4.25. The van der Waals surface area contributed by atoms with Crippen molar-refractivity contribution < 1.29 is 47.7 Å². The molecule has 0 aromatic carbocycles. The van der Waals surface area contributed by atoms with Crippen LogP contribution in [0, 0.1) is 23.7 Å². The third-order valence-electron chi connectivity index (χ3n) is 4.69. The maximum absolute atomic E-state index is 12.1. The lowest BCUT2D eigenvalue weighted by atomic mass is 9.97. The van der Waals surface area contributed by atoms with E-state index in [9.17, 15) is 28.8 Å². The Hall–Kier alpha value is -2.78. The van der Waals surface area contributed by atoms with Gasteiger partial charge in [-0.2, -0.15) is 0 Å². The molecule has 4 atom stereocenters. The van der Waals surface area contributed by atoms with Crippen LogP contribution in [0.2, 0.25) is 0 Å². The Kier molecular flexibility index (Phi) is 13.8. The van der Waals surface area contributed by atoms with Gasteiger partial charge in [-0.25, -0.2) is 0 Å². The van der Waals surface area contributed by atoms with E-state index in [0.29, 0.717) is 6.42 Å². The van der Waals surface area contributed by atoms with Crippen LogP contribution in [-0.2, 0) is 47.7 Å². The lowest BCUT2D eigenvalue weighted by Gasteiger charge is -2.14. The fourth-order valence-electron chi connectivity index (χ4n) is 2.47. The minimum atomic E-state index is -0.810. The first-order chi connectivity index (χ1) is 14.9. The Labute approximate surface area is 188 Å². The average Bonchev–Trinajstić information content (AvgIpc) is 2.71. The van der Waals surface area contributed by atoms with Gasteiger partial charge in [-0.1, -0.05) is 34.6 Å². The third-order valence-corrected chi connectivity index (χ3v) is 4.69. The largest absolute Gasteiger partial charge is 0.428 e. The lowest BCUT2D eigenvalue weighted by molar-refractivity contribution is -0.173. The van der Waals surface area contributed by atoms with E-state index in [0.717, 1.165) is 0 Å². The summed E-state index contributed by atoms with van der Waals surface area (Å²) in [6, 6.07) is 0. The maximum atomic E-state index is 12.1. The highest BCUT2D eigenvalue weighted by Gasteiger charge is 2.24. The summed E-state index contributed by atoms with van der Waals surface area (Å²) in [5, 5.41) is 0. The van der Waals surface area contributed by atoms with Crippen molar-refractivity contribution in [3.8, 4) is 0 Å². The van der Waals surface area contributed by atoms with E-state index in [1.807, 2.05) is 6.92 Å². The van der Waals surface area contributed by atoms with Gasteiger partial charge in [-0.05, 0) is 13.3 Å². The molecule has 0 heterocycles. The first-order valence-electron chi connectivity index (χ1n) is 10.6. The van der Waals surface area contributed by atoms with Crippen LogP contribution < -0.4 is 0 Å². The van der Waals surface area contributed by atoms with Crippen molar-refractivity contribution in [3.63, 3.8) is 0 Å². The summed E-state index contributed by atoms with van der Waals surface area (Å²) < 4.78 is 19.3. The molecule has 0 aliphatic heterocycles. The summed E-state index contributed by atoms with van der Waals surface area (Å²) in [6.07, 6.45) is 0.291. The number of hydrogen-bond acceptors (Lipinski definition) is 10. The predicted octanol–water partition coefficient (Wildman–Crippen LogP) is 2.36. The Morgan fingerprint density at radius 1 is 0.562 bits per heavy atom. The molecule has 0 bridgehead atoms. The molecule has 0 amide bonds. The van der Waals surface area contributed by atoms with Crippen molar-refractivity contribution >= 4 is 35.4 Å². The van der Waals surface area contributed by atoms with Crippen LogP contribution in [0.3, 0.4) is 0 Å². The van der Waals surface area contributed by atoms with Crippen molar-refractivity contribution in [2.24, 2.45) is 23.7 Å². The van der Waals surface area contributed by atoms with Gasteiger partial charge in [0, 0.05) is 19.3 Å². The summed E-state index contributed by atoms with van der Waals surface area (Å²) in [4.78, 5) is 70.2. The van der Waals surface area contributed by atoms with E-state index in [-0.39, 0.29) is 36.7 Å². The molecule has 182 valence electrons. The SMILES string of the molecule is CCC(C)C(=O)OCOC(=O)C(C)CC(=O)CC(C)C(=O)OCOC(=O)C(C)CC(C)=O. The number of carbonyl (C=O) groups is 6. The molecule has 4 unspecified atom stereocenters. The van der Waals surface area contributed by atoms with Crippen molar-refractivity contribution in [1.29, 1.82) is 0 Å². The molecule has 0 aromatic heterocycles. The van der Waals surface area contributed by atoms with Gasteiger partial charge in [0.1, 0.15) is 11.6 Å². The second-order valence-electron chi connectivity index (χ2n) is 7.95. The van der Waals surface area contributed by atoms with E-state index in [1.54, 1.807) is 6.92 Å². The van der Waals surface area contributed by atoms with E-state index in [4.69, 9.17) is 18.9 Å². The summed E-state index contributed by atoms with van der Waals surface area (Å²) in [5.74, 6) is -5.64. The standard InChI is InChI=1S/C22H34O10/c1-7-13(2)19(25)29-11-31-21(27)15(4)9-18(24)10-16(5)22(28)32-12-30-20(26)14(3)8-17(6)23/h13-16H,7-12H2,1-6H3. The van der Waals surface area contributed by atoms with Gasteiger partial charge in [0.2, 0.25) is 13.6 Å². The smallest absolute Gasteiger partial charge is 0.311 e. The second-order valence-corrected chi connectivity index (χ2v) is 7.95. The van der Waals surface area contributed by atoms with E-state index in [1.165, 1.54) is 27.7 Å². The number of esters is 4. The van der Waals surface area contributed by atoms with Gasteiger partial charge in [0.15, 0.2) is 0 Å². The number of ether oxygens (including phenoxy) is 4. The number of ketones is 2. The molecule has 10 heteroatoms. The lowest BCUT2D eigenvalue weighted by Crippen LogP contribution is -2.25. The highest BCUT2D eigenvalue weighted by atomic mass is 16.7. The minimum absolute atomic E-state index is 0.0264. The second kappa shape index (κ2) is 15.1. The van der Waals surface area contributed by atoms with Crippen LogP contribution >= 0.6 is 0 Å². The zero-order valence-corrected chi connectivity index (χ0v) is 19.6. The van der Waals surface area contributed by atoms with E-state index in [2.05, 4.69) is 0 Å². The molecule has 0 fully saturated rings. The Bertz CT molecular complexity index is 684. The molecule has 0 N–H and O–H groups in total. The summed E-state index contributed by atoms with van der Waals surface area (Å²) in [7, 11) is 0. The normalized spacial score (nSPS) is 14.3. The number of Topliss-reactive ketones (excluding diaryl/α,β-unsaturated/α-hetero) is 2. The van der Waals surface area contributed by atoms with Crippen molar-refractivity contribution in [2.45, 2.75) is 67.2 Å². The quantitative estimate of drug-likeness (QED) is 0.265. The molecule has 0 rings (SSSR count). The molecule has 0 saturated carbocycles. The van der Waals surface area contributed by atoms with Crippen LogP contribution in [0.1, 0.15) is 67.2 Å². The van der Waals surface area contributed by atoms with Gasteiger partial charge < -0.3 is 23.7 Å². The fourth-order valence-corrected chi connectivity index (χ4v) is 2.47. The van der Waals surface area contributed by atoms with Gasteiger partial charge >= 0.3 is 23.9 Å². The third kappa shape index (κ3) is 12.2. The van der Waals surface area contributed by atoms with Gasteiger partial charge in [0.05, 0.1) is 23.7 Å². The number of carbonyl (C=O) groups excluding carboxylic acids is 6. The first kappa shape index (κ1) is 29.2. The molecule has 0 spiro atoms. The fraction of sp³-hybridized carbons (Fsp3) is 0.727. The van der Waals surface area contributed by atoms with E-state index >= 15 is 0 Å². The van der Waals surface area contributed by atoms with Crippen molar-refractivity contribution in [1.82, 2.24) is 0 Å².